The molecule has 2 N–H and O–H groups in total. The fourth-order valence-electron chi connectivity index (χ4n) is 1.75. The van der Waals surface area contributed by atoms with Crippen LogP contribution in [0, 0.1) is 0 Å². The van der Waals surface area contributed by atoms with Crippen LogP contribution in [0.3, 0.4) is 0 Å². The van der Waals surface area contributed by atoms with Gasteiger partial charge in [0.05, 0.1) is 0 Å². The van der Waals surface area contributed by atoms with Crippen molar-refractivity contribution in [2.24, 2.45) is 0 Å². The number of H-pyrrole nitrogens is 1. The molecule has 6 heteroatoms. The van der Waals surface area contributed by atoms with Gasteiger partial charge in [0.1, 0.15) is 24.0 Å². The zero-order chi connectivity index (χ0) is 11.4. The van der Waals surface area contributed by atoms with Crippen molar-refractivity contribution in [3.05, 3.63) is 30.4 Å². The number of aryl methyl sites for hydroxylation is 1. The van der Waals surface area contributed by atoms with Crippen molar-refractivity contribution in [2.75, 3.05) is 7.05 Å². The van der Waals surface area contributed by atoms with Crippen LogP contribution in [-0.4, -0.2) is 31.8 Å². The van der Waals surface area contributed by atoms with E-state index in [9.17, 15) is 0 Å². The van der Waals surface area contributed by atoms with E-state index in [1.807, 2.05) is 19.4 Å². The Morgan fingerprint density at radius 3 is 3.00 bits per heavy atom. The zero-order valence-corrected chi connectivity index (χ0v) is 9.51. The number of nitrogens with zero attached hydrogens (tertiary/aromatic N) is 4. The number of imidazole rings is 1. The molecule has 2 aromatic heterocycles. The Morgan fingerprint density at radius 1 is 1.50 bits per heavy atom. The average molecular weight is 220 g/mol. The maximum Gasteiger partial charge on any atom is 0.149 e. The van der Waals surface area contributed by atoms with Crippen molar-refractivity contribution in [1.29, 1.82) is 0 Å². The summed E-state index contributed by atoms with van der Waals surface area (Å²) in [4.78, 5) is 8.54. The first-order valence-electron chi connectivity index (χ1n) is 5.40. The molecule has 0 fully saturated rings. The fourth-order valence-corrected chi connectivity index (χ4v) is 1.75. The first-order valence-corrected chi connectivity index (χ1v) is 5.40. The summed E-state index contributed by atoms with van der Waals surface area (Å²) in [6, 6.07) is -0.0379. The number of hydrogen-bond donors (Lipinski definition) is 2. The van der Waals surface area contributed by atoms with Gasteiger partial charge in [0, 0.05) is 18.9 Å². The highest BCUT2D eigenvalue weighted by molar-refractivity contribution is 5.10. The Kier molecular flexibility index (Phi) is 3.31. The van der Waals surface area contributed by atoms with Crippen LogP contribution in [0.15, 0.2) is 18.7 Å². The van der Waals surface area contributed by atoms with Crippen molar-refractivity contribution < 1.29 is 0 Å². The molecule has 2 aromatic rings. The lowest BCUT2D eigenvalue weighted by Crippen LogP contribution is -2.23. The largest absolute Gasteiger partial charge is 0.333 e. The minimum absolute atomic E-state index is 0.0379. The molecule has 16 heavy (non-hydrogen) atoms. The van der Waals surface area contributed by atoms with Crippen LogP contribution in [0.2, 0.25) is 0 Å². The SMILES string of the molecule is CCCn1ccnc1C(NC)c1ncn[nH]1. The smallest absolute Gasteiger partial charge is 0.149 e. The van der Waals surface area contributed by atoms with E-state index in [1.165, 1.54) is 6.33 Å². The van der Waals surface area contributed by atoms with E-state index < -0.39 is 0 Å². The molecular weight excluding hydrogens is 204 g/mol. The quantitative estimate of drug-likeness (QED) is 0.779. The van der Waals surface area contributed by atoms with Crippen LogP contribution in [-0.2, 0) is 6.54 Å². The molecule has 2 rings (SSSR count). The van der Waals surface area contributed by atoms with Crippen molar-refractivity contribution in [3.63, 3.8) is 0 Å². The van der Waals surface area contributed by atoms with Gasteiger partial charge < -0.3 is 9.88 Å². The maximum atomic E-state index is 4.37. The average Bonchev–Trinajstić information content (AvgIpc) is 2.92. The summed E-state index contributed by atoms with van der Waals surface area (Å²) in [6.07, 6.45) is 6.38. The molecule has 1 unspecified atom stereocenters. The lowest BCUT2D eigenvalue weighted by molar-refractivity contribution is 0.550. The predicted molar refractivity (Wildman–Crippen MR) is 59.8 cm³/mol. The van der Waals surface area contributed by atoms with Crippen LogP contribution in [0.5, 0.6) is 0 Å². The summed E-state index contributed by atoms with van der Waals surface area (Å²) in [5, 5.41) is 9.92. The van der Waals surface area contributed by atoms with E-state index in [-0.39, 0.29) is 6.04 Å². The highest BCUT2D eigenvalue weighted by Crippen LogP contribution is 2.16. The lowest BCUT2D eigenvalue weighted by atomic mass is 10.2. The van der Waals surface area contributed by atoms with Crippen LogP contribution in [0.1, 0.15) is 31.0 Å². The summed E-state index contributed by atoms with van der Waals surface area (Å²) < 4.78 is 2.13. The molecule has 0 saturated heterocycles. The van der Waals surface area contributed by atoms with Crippen molar-refractivity contribution in [3.8, 4) is 0 Å². The molecule has 0 aliphatic rings. The van der Waals surface area contributed by atoms with Gasteiger partial charge in [-0.25, -0.2) is 9.97 Å². The molecule has 6 nitrogen and oxygen atoms in total. The first kappa shape index (κ1) is 10.8. The van der Waals surface area contributed by atoms with Gasteiger partial charge in [-0.2, -0.15) is 5.10 Å². The second-order valence-electron chi connectivity index (χ2n) is 3.57. The Labute approximate surface area is 94.1 Å². The first-order chi connectivity index (χ1) is 7.86. The second-order valence-corrected chi connectivity index (χ2v) is 3.57. The third-order valence-corrected chi connectivity index (χ3v) is 2.47. The third-order valence-electron chi connectivity index (χ3n) is 2.47. The molecule has 0 amide bonds. The van der Waals surface area contributed by atoms with E-state index in [0.717, 1.165) is 24.6 Å². The molecule has 0 aliphatic heterocycles. The van der Waals surface area contributed by atoms with Crippen LogP contribution >= 0.6 is 0 Å². The summed E-state index contributed by atoms with van der Waals surface area (Å²) in [5.74, 6) is 1.74. The molecule has 0 saturated carbocycles. The zero-order valence-electron chi connectivity index (χ0n) is 9.51. The molecule has 86 valence electrons. The van der Waals surface area contributed by atoms with Crippen molar-refractivity contribution in [2.45, 2.75) is 25.9 Å². The standard InChI is InChI=1S/C10H16N6/c1-3-5-16-6-4-12-10(16)8(11-2)9-13-7-14-15-9/h4,6-8,11H,3,5H2,1-2H3,(H,13,14,15). The minimum atomic E-state index is -0.0379. The summed E-state index contributed by atoms with van der Waals surface area (Å²) >= 11 is 0. The molecule has 1 atom stereocenters. The van der Waals surface area contributed by atoms with Crippen LogP contribution in [0.4, 0.5) is 0 Å². The summed E-state index contributed by atoms with van der Waals surface area (Å²) in [6.45, 7) is 3.11. The van der Waals surface area contributed by atoms with E-state index in [2.05, 4.69) is 37.0 Å². The Morgan fingerprint density at radius 2 is 2.38 bits per heavy atom. The number of aromatic amines is 1. The predicted octanol–water partition coefficient (Wildman–Crippen LogP) is 0.720. The molecular formula is C10H16N6. The summed E-state index contributed by atoms with van der Waals surface area (Å²) in [7, 11) is 1.89. The number of hydrogen-bond acceptors (Lipinski definition) is 4. The van der Waals surface area contributed by atoms with Gasteiger partial charge in [-0.3, -0.25) is 5.10 Å². The Hall–Kier alpha value is -1.69. The molecule has 0 aliphatic carbocycles. The summed E-state index contributed by atoms with van der Waals surface area (Å²) in [5.41, 5.74) is 0. The molecule has 0 radical (unpaired) electrons. The van der Waals surface area contributed by atoms with Gasteiger partial charge in [0.15, 0.2) is 0 Å². The van der Waals surface area contributed by atoms with Gasteiger partial charge in [-0.05, 0) is 13.5 Å². The fraction of sp³-hybridized carbons (Fsp3) is 0.500. The molecule has 0 spiro atoms. The van der Waals surface area contributed by atoms with Gasteiger partial charge in [0.25, 0.3) is 0 Å². The Balaban J connectivity index is 2.30. The van der Waals surface area contributed by atoms with E-state index in [0.29, 0.717) is 0 Å². The van der Waals surface area contributed by atoms with E-state index in [1.54, 1.807) is 0 Å². The van der Waals surface area contributed by atoms with E-state index in [4.69, 9.17) is 0 Å². The highest BCUT2D eigenvalue weighted by atomic mass is 15.2. The van der Waals surface area contributed by atoms with Gasteiger partial charge >= 0.3 is 0 Å². The van der Waals surface area contributed by atoms with Crippen LogP contribution in [0.25, 0.3) is 0 Å². The molecule has 0 bridgehead atoms. The third kappa shape index (κ3) is 1.96. The molecule has 2 heterocycles. The van der Waals surface area contributed by atoms with Crippen LogP contribution < -0.4 is 5.32 Å². The van der Waals surface area contributed by atoms with Gasteiger partial charge in [0.2, 0.25) is 0 Å². The second kappa shape index (κ2) is 4.89. The normalized spacial score (nSPS) is 12.9. The number of aromatic nitrogens is 5. The lowest BCUT2D eigenvalue weighted by Gasteiger charge is -2.14. The maximum absolute atomic E-state index is 4.37. The van der Waals surface area contributed by atoms with E-state index >= 15 is 0 Å². The van der Waals surface area contributed by atoms with Gasteiger partial charge in [-0.15, -0.1) is 0 Å². The van der Waals surface area contributed by atoms with Crippen molar-refractivity contribution in [1.82, 2.24) is 30.0 Å². The van der Waals surface area contributed by atoms with Crippen molar-refractivity contribution >= 4 is 0 Å². The Bertz CT molecular complexity index is 418. The topological polar surface area (TPSA) is 71.4 Å². The number of rotatable bonds is 5. The minimum Gasteiger partial charge on any atom is -0.333 e. The monoisotopic (exact) mass is 220 g/mol. The highest BCUT2D eigenvalue weighted by Gasteiger charge is 2.19. The number of nitrogens with one attached hydrogen (secondary N) is 2. The molecule has 0 aromatic carbocycles. The van der Waals surface area contributed by atoms with Gasteiger partial charge in [-0.1, -0.05) is 6.92 Å².